The number of methoxy groups -OCH3 is 1. The first-order valence-corrected chi connectivity index (χ1v) is 12.9. The molecular formula is C24H20ClFN4O4S. The minimum Gasteiger partial charge on any atom is -0.481 e. The number of nitrogens with zero attached hydrogens (tertiary/aromatic N) is 3. The molecule has 1 aliphatic rings. The number of benzene rings is 2. The van der Waals surface area contributed by atoms with Crippen molar-refractivity contribution in [3.63, 3.8) is 0 Å². The number of sulfone groups is 1. The number of rotatable bonds is 5. The van der Waals surface area contributed by atoms with Crippen molar-refractivity contribution in [3.05, 3.63) is 71.1 Å². The van der Waals surface area contributed by atoms with Crippen molar-refractivity contribution in [1.82, 2.24) is 20.1 Å². The van der Waals surface area contributed by atoms with Gasteiger partial charge in [0, 0.05) is 28.6 Å². The highest BCUT2D eigenvalue weighted by Gasteiger charge is 2.29. The van der Waals surface area contributed by atoms with Crippen molar-refractivity contribution < 1.29 is 22.3 Å². The van der Waals surface area contributed by atoms with Crippen molar-refractivity contribution in [2.24, 2.45) is 0 Å². The number of aromatic nitrogens is 3. The summed E-state index contributed by atoms with van der Waals surface area (Å²) in [5, 5.41) is 8.60. The van der Waals surface area contributed by atoms with Gasteiger partial charge >= 0.3 is 0 Å². The molecular weight excluding hydrogens is 495 g/mol. The number of fused-ring (bicyclic) bond motifs is 1. The lowest BCUT2D eigenvalue weighted by molar-refractivity contribution is 0.0941. The molecule has 0 radical (unpaired) electrons. The van der Waals surface area contributed by atoms with Crippen molar-refractivity contribution in [2.45, 2.75) is 12.5 Å². The van der Waals surface area contributed by atoms with Gasteiger partial charge in [-0.05, 0) is 48.9 Å². The number of ether oxygens (including phenoxy) is 1. The van der Waals surface area contributed by atoms with Crippen LogP contribution in [0.1, 0.15) is 16.8 Å². The van der Waals surface area contributed by atoms with Crippen LogP contribution in [0.3, 0.4) is 0 Å². The third-order valence-corrected chi connectivity index (χ3v) is 7.95. The Hall–Kier alpha value is -3.50. The number of carbonyl (C=O) groups excluding carboxylic acids is 1. The fraction of sp³-hybridized carbons (Fsp3) is 0.208. The summed E-state index contributed by atoms with van der Waals surface area (Å²) in [6.07, 6.45) is 1.85. The van der Waals surface area contributed by atoms with Gasteiger partial charge < -0.3 is 10.1 Å². The molecule has 0 aliphatic carbocycles. The number of pyridine rings is 1. The predicted molar refractivity (Wildman–Crippen MR) is 130 cm³/mol. The predicted octanol–water partition coefficient (Wildman–Crippen LogP) is 3.81. The summed E-state index contributed by atoms with van der Waals surface area (Å²) in [6.45, 7) is 0. The topological polar surface area (TPSA) is 103 Å². The molecule has 1 amide bonds. The normalized spacial score (nSPS) is 16.9. The van der Waals surface area contributed by atoms with E-state index in [0.29, 0.717) is 50.7 Å². The fourth-order valence-electron chi connectivity index (χ4n) is 4.12. The van der Waals surface area contributed by atoms with Gasteiger partial charge in [0.25, 0.3) is 5.91 Å². The Morgan fingerprint density at radius 2 is 1.97 bits per heavy atom. The zero-order valence-corrected chi connectivity index (χ0v) is 20.1. The number of hydrogen-bond donors (Lipinski definition) is 1. The summed E-state index contributed by atoms with van der Waals surface area (Å²) in [6, 6.07) is 12.1. The third kappa shape index (κ3) is 4.59. The van der Waals surface area contributed by atoms with Gasteiger partial charge in [0.15, 0.2) is 9.84 Å². The van der Waals surface area contributed by atoms with Crippen LogP contribution < -0.4 is 10.1 Å². The maximum atomic E-state index is 13.6. The number of amides is 1. The Morgan fingerprint density at radius 3 is 2.66 bits per heavy atom. The van der Waals surface area contributed by atoms with Crippen LogP contribution in [-0.4, -0.2) is 53.7 Å². The fourth-order valence-corrected chi connectivity index (χ4v) is 5.99. The summed E-state index contributed by atoms with van der Waals surface area (Å²) in [4.78, 5) is 17.0. The highest BCUT2D eigenvalue weighted by Crippen LogP contribution is 2.35. The van der Waals surface area contributed by atoms with Crippen LogP contribution in [0.25, 0.3) is 27.8 Å². The van der Waals surface area contributed by atoms with E-state index in [1.165, 1.54) is 25.4 Å². The van der Waals surface area contributed by atoms with Crippen LogP contribution in [0.2, 0.25) is 5.02 Å². The molecule has 5 rings (SSSR count). The summed E-state index contributed by atoms with van der Waals surface area (Å²) < 4.78 is 43.9. The van der Waals surface area contributed by atoms with Gasteiger partial charge in [-0.1, -0.05) is 11.6 Å². The largest absolute Gasteiger partial charge is 0.481 e. The van der Waals surface area contributed by atoms with Crippen molar-refractivity contribution >= 4 is 38.2 Å². The molecule has 1 saturated heterocycles. The Kier molecular flexibility index (Phi) is 5.94. The van der Waals surface area contributed by atoms with Gasteiger partial charge in [-0.2, -0.15) is 5.10 Å². The van der Waals surface area contributed by atoms with E-state index in [4.69, 9.17) is 21.4 Å². The van der Waals surface area contributed by atoms with E-state index in [9.17, 15) is 17.6 Å². The quantitative estimate of drug-likeness (QED) is 0.434. The second-order valence-corrected chi connectivity index (χ2v) is 10.9. The van der Waals surface area contributed by atoms with Crippen LogP contribution in [0, 0.1) is 5.82 Å². The lowest BCUT2D eigenvalue weighted by atomic mass is 10.1. The zero-order valence-electron chi connectivity index (χ0n) is 18.5. The molecule has 3 heterocycles. The van der Waals surface area contributed by atoms with Crippen LogP contribution in [-0.2, 0) is 9.84 Å². The third-order valence-electron chi connectivity index (χ3n) is 5.88. The lowest BCUT2D eigenvalue weighted by Crippen LogP contribution is -2.35. The Balaban J connectivity index is 1.62. The molecule has 0 spiro atoms. The minimum atomic E-state index is -3.13. The van der Waals surface area contributed by atoms with Crippen LogP contribution in [0.5, 0.6) is 5.88 Å². The number of nitrogens with one attached hydrogen (secondary N) is 1. The number of hydrogen-bond acceptors (Lipinski definition) is 6. The molecule has 1 N–H and O–H groups in total. The molecule has 1 fully saturated rings. The molecule has 0 saturated carbocycles. The SMILES string of the molecule is COc1cc(-c2nn(-c3ccc(F)cc3)c3cc(C(=O)NC4CCS(=O)(=O)C4)ccc23)c(Cl)cn1. The molecule has 8 nitrogen and oxygen atoms in total. The molecule has 1 atom stereocenters. The summed E-state index contributed by atoms with van der Waals surface area (Å²) >= 11 is 6.43. The molecule has 2 aromatic carbocycles. The van der Waals surface area contributed by atoms with E-state index in [0.717, 1.165) is 0 Å². The maximum Gasteiger partial charge on any atom is 0.251 e. The van der Waals surface area contributed by atoms with Crippen molar-refractivity contribution in [2.75, 3.05) is 18.6 Å². The maximum absolute atomic E-state index is 13.6. The van der Waals surface area contributed by atoms with E-state index >= 15 is 0 Å². The minimum absolute atomic E-state index is 0.0633. The van der Waals surface area contributed by atoms with Gasteiger partial charge in [0.2, 0.25) is 5.88 Å². The van der Waals surface area contributed by atoms with E-state index in [-0.39, 0.29) is 23.2 Å². The molecule has 2 aromatic heterocycles. The van der Waals surface area contributed by atoms with Gasteiger partial charge in [-0.3, -0.25) is 4.79 Å². The van der Waals surface area contributed by atoms with E-state index < -0.39 is 15.9 Å². The van der Waals surface area contributed by atoms with Crippen LogP contribution >= 0.6 is 11.6 Å². The molecule has 35 heavy (non-hydrogen) atoms. The lowest BCUT2D eigenvalue weighted by Gasteiger charge is -2.11. The standard InChI is InChI=1S/C24H20ClFN4O4S/c1-34-22-11-19(20(25)12-27-22)23-18-7-2-14(24(31)28-16-8-9-35(32,33)13-16)10-21(18)30(29-23)17-5-3-15(26)4-6-17/h2-7,10-12,16H,8-9,13H2,1H3,(H,28,31). The van der Waals surface area contributed by atoms with E-state index in [2.05, 4.69) is 10.3 Å². The second-order valence-electron chi connectivity index (χ2n) is 8.25. The van der Waals surface area contributed by atoms with E-state index in [1.807, 2.05) is 0 Å². The number of halogens is 2. The monoisotopic (exact) mass is 514 g/mol. The van der Waals surface area contributed by atoms with Gasteiger partial charge in [-0.25, -0.2) is 22.5 Å². The Labute approximate surface area is 205 Å². The van der Waals surface area contributed by atoms with Crippen LogP contribution in [0.15, 0.2) is 54.7 Å². The van der Waals surface area contributed by atoms with Crippen molar-refractivity contribution in [1.29, 1.82) is 0 Å². The molecule has 180 valence electrons. The zero-order chi connectivity index (χ0) is 24.7. The second kappa shape index (κ2) is 8.94. The average molecular weight is 515 g/mol. The number of carbonyl (C=O) groups is 1. The molecule has 0 bridgehead atoms. The molecule has 1 unspecified atom stereocenters. The highest BCUT2D eigenvalue weighted by molar-refractivity contribution is 7.91. The van der Waals surface area contributed by atoms with Crippen molar-refractivity contribution in [3.8, 4) is 22.8 Å². The highest BCUT2D eigenvalue weighted by atomic mass is 35.5. The van der Waals surface area contributed by atoms with Crippen LogP contribution in [0.4, 0.5) is 4.39 Å². The molecule has 1 aliphatic heterocycles. The first kappa shape index (κ1) is 23.3. The first-order valence-electron chi connectivity index (χ1n) is 10.7. The summed E-state index contributed by atoms with van der Waals surface area (Å²) in [7, 11) is -1.63. The summed E-state index contributed by atoms with van der Waals surface area (Å²) in [5.74, 6) is -0.421. The smallest absolute Gasteiger partial charge is 0.251 e. The average Bonchev–Trinajstić information content (AvgIpc) is 3.39. The molecule has 11 heteroatoms. The van der Waals surface area contributed by atoms with Gasteiger partial charge in [0.05, 0.1) is 41.0 Å². The Bertz CT molecular complexity index is 1550. The summed E-state index contributed by atoms with van der Waals surface area (Å²) in [5.41, 5.74) is 2.63. The molecule has 4 aromatic rings. The van der Waals surface area contributed by atoms with E-state index in [1.54, 1.807) is 41.1 Å². The first-order chi connectivity index (χ1) is 16.7. The van der Waals surface area contributed by atoms with Gasteiger partial charge in [-0.15, -0.1) is 0 Å². The van der Waals surface area contributed by atoms with Gasteiger partial charge in [0.1, 0.15) is 11.5 Å². The Morgan fingerprint density at radius 1 is 1.20 bits per heavy atom.